The molecule has 0 aliphatic carbocycles. The molecule has 1 aromatic carbocycles. The average Bonchev–Trinajstić information content (AvgIpc) is 2.87. The minimum atomic E-state index is -0.335. The number of ether oxygens (including phenoxy) is 2. The summed E-state index contributed by atoms with van der Waals surface area (Å²) in [6.45, 7) is 5.07. The standard InChI is InChI=1S/C14H20N2O3/c17-12(9-16-5-3-15-4-6-16)7-11-1-2-13-14(8-11)19-10-18-13/h1-2,8,12,15,17H,3-7,9-10H2. The van der Waals surface area contributed by atoms with Crippen LogP contribution in [0.4, 0.5) is 0 Å². The third kappa shape index (κ3) is 3.18. The second kappa shape index (κ2) is 5.77. The van der Waals surface area contributed by atoms with E-state index >= 15 is 0 Å². The maximum atomic E-state index is 10.2. The molecule has 104 valence electrons. The van der Waals surface area contributed by atoms with Crippen molar-refractivity contribution >= 4 is 0 Å². The second-order valence-corrected chi connectivity index (χ2v) is 5.10. The van der Waals surface area contributed by atoms with Gasteiger partial charge in [0.2, 0.25) is 6.79 Å². The summed E-state index contributed by atoms with van der Waals surface area (Å²) < 4.78 is 10.6. The first kappa shape index (κ1) is 12.7. The van der Waals surface area contributed by atoms with Crippen LogP contribution in [-0.4, -0.2) is 55.6 Å². The Bertz CT molecular complexity index is 433. The summed E-state index contributed by atoms with van der Waals surface area (Å²) in [5, 5.41) is 13.5. The first-order chi connectivity index (χ1) is 9.31. The highest BCUT2D eigenvalue weighted by Gasteiger charge is 2.17. The van der Waals surface area contributed by atoms with Crippen molar-refractivity contribution in [2.75, 3.05) is 39.5 Å². The maximum absolute atomic E-state index is 10.2. The van der Waals surface area contributed by atoms with Crippen LogP contribution >= 0.6 is 0 Å². The highest BCUT2D eigenvalue weighted by atomic mass is 16.7. The Balaban J connectivity index is 1.55. The van der Waals surface area contributed by atoms with E-state index in [-0.39, 0.29) is 6.10 Å². The van der Waals surface area contributed by atoms with Crippen molar-refractivity contribution in [1.29, 1.82) is 0 Å². The van der Waals surface area contributed by atoms with Gasteiger partial charge in [-0.05, 0) is 24.1 Å². The highest BCUT2D eigenvalue weighted by molar-refractivity contribution is 5.44. The van der Waals surface area contributed by atoms with Gasteiger partial charge in [0.1, 0.15) is 0 Å². The Hall–Kier alpha value is -1.30. The maximum Gasteiger partial charge on any atom is 0.231 e. The van der Waals surface area contributed by atoms with Gasteiger partial charge in [-0.25, -0.2) is 0 Å². The molecule has 1 fully saturated rings. The fourth-order valence-electron chi connectivity index (χ4n) is 2.60. The number of nitrogens with zero attached hydrogens (tertiary/aromatic N) is 1. The highest BCUT2D eigenvalue weighted by Crippen LogP contribution is 2.32. The van der Waals surface area contributed by atoms with Gasteiger partial charge >= 0.3 is 0 Å². The Morgan fingerprint density at radius 2 is 2.00 bits per heavy atom. The van der Waals surface area contributed by atoms with Gasteiger partial charge in [-0.2, -0.15) is 0 Å². The molecule has 3 rings (SSSR count). The summed E-state index contributed by atoms with van der Waals surface area (Å²) in [4.78, 5) is 2.30. The zero-order valence-electron chi connectivity index (χ0n) is 11.0. The summed E-state index contributed by atoms with van der Waals surface area (Å²) in [6.07, 6.45) is 0.319. The van der Waals surface area contributed by atoms with Gasteiger partial charge in [-0.1, -0.05) is 6.07 Å². The molecule has 2 aliphatic rings. The topological polar surface area (TPSA) is 54.0 Å². The van der Waals surface area contributed by atoms with Crippen LogP contribution in [0.5, 0.6) is 11.5 Å². The van der Waals surface area contributed by atoms with Crippen LogP contribution in [0.25, 0.3) is 0 Å². The number of benzene rings is 1. The number of β-amino-alcohol motifs (C(OH)–C–C–N with tert-alkyl or cyclic N) is 1. The Kier molecular flexibility index (Phi) is 3.87. The van der Waals surface area contributed by atoms with Crippen molar-refractivity contribution in [3.8, 4) is 11.5 Å². The van der Waals surface area contributed by atoms with Crippen LogP contribution in [-0.2, 0) is 6.42 Å². The molecule has 5 heteroatoms. The first-order valence-electron chi connectivity index (χ1n) is 6.81. The third-order valence-electron chi connectivity index (χ3n) is 3.59. The number of aliphatic hydroxyl groups excluding tert-OH is 1. The molecule has 2 aliphatic heterocycles. The van der Waals surface area contributed by atoms with E-state index < -0.39 is 0 Å². The monoisotopic (exact) mass is 264 g/mol. The number of fused-ring (bicyclic) bond motifs is 1. The lowest BCUT2D eigenvalue weighted by Crippen LogP contribution is -2.46. The molecule has 1 atom stereocenters. The zero-order valence-corrected chi connectivity index (χ0v) is 11.0. The number of nitrogens with one attached hydrogen (secondary N) is 1. The van der Waals surface area contributed by atoms with E-state index in [9.17, 15) is 5.11 Å². The normalized spacial score (nSPS) is 20.5. The first-order valence-corrected chi connectivity index (χ1v) is 6.81. The quantitative estimate of drug-likeness (QED) is 0.815. The molecule has 2 heterocycles. The Morgan fingerprint density at radius 3 is 2.84 bits per heavy atom. The average molecular weight is 264 g/mol. The van der Waals surface area contributed by atoms with Crippen LogP contribution < -0.4 is 14.8 Å². The van der Waals surface area contributed by atoms with Crippen LogP contribution in [0, 0.1) is 0 Å². The number of hydrogen-bond donors (Lipinski definition) is 2. The van der Waals surface area contributed by atoms with E-state index in [4.69, 9.17) is 9.47 Å². The summed E-state index contributed by atoms with van der Waals surface area (Å²) in [5.41, 5.74) is 1.09. The van der Waals surface area contributed by atoms with Crippen molar-refractivity contribution < 1.29 is 14.6 Å². The molecule has 1 aromatic rings. The van der Waals surface area contributed by atoms with Crippen LogP contribution in [0.2, 0.25) is 0 Å². The predicted octanol–water partition coefficient (Wildman–Crippen LogP) is 0.224. The van der Waals surface area contributed by atoms with Gasteiger partial charge in [-0.15, -0.1) is 0 Å². The van der Waals surface area contributed by atoms with Gasteiger partial charge in [0.25, 0.3) is 0 Å². The predicted molar refractivity (Wildman–Crippen MR) is 71.6 cm³/mol. The second-order valence-electron chi connectivity index (χ2n) is 5.10. The van der Waals surface area contributed by atoms with Gasteiger partial charge in [0.05, 0.1) is 6.10 Å². The van der Waals surface area contributed by atoms with Gasteiger partial charge < -0.3 is 19.9 Å². The van der Waals surface area contributed by atoms with Gasteiger partial charge in [0, 0.05) is 32.7 Å². The molecular formula is C14H20N2O3. The molecule has 0 spiro atoms. The lowest BCUT2D eigenvalue weighted by Gasteiger charge is -2.29. The van der Waals surface area contributed by atoms with Gasteiger partial charge in [0.15, 0.2) is 11.5 Å². The van der Waals surface area contributed by atoms with E-state index in [0.717, 1.165) is 49.8 Å². The molecule has 2 N–H and O–H groups in total. The molecule has 0 aromatic heterocycles. The molecule has 1 saturated heterocycles. The zero-order chi connectivity index (χ0) is 13.1. The molecule has 5 nitrogen and oxygen atoms in total. The summed E-state index contributed by atoms with van der Waals surface area (Å²) >= 11 is 0. The van der Waals surface area contributed by atoms with Crippen LogP contribution in [0.15, 0.2) is 18.2 Å². The smallest absolute Gasteiger partial charge is 0.231 e. The number of hydrogen-bond acceptors (Lipinski definition) is 5. The Labute approximate surface area is 113 Å². The van der Waals surface area contributed by atoms with Gasteiger partial charge in [-0.3, -0.25) is 4.90 Å². The number of aliphatic hydroxyl groups is 1. The third-order valence-corrected chi connectivity index (χ3v) is 3.59. The lowest BCUT2D eigenvalue weighted by molar-refractivity contribution is 0.105. The largest absolute Gasteiger partial charge is 0.454 e. The minimum Gasteiger partial charge on any atom is -0.454 e. The van der Waals surface area contributed by atoms with Crippen LogP contribution in [0.1, 0.15) is 5.56 Å². The number of piperazine rings is 1. The van der Waals surface area contributed by atoms with Crippen molar-refractivity contribution in [3.05, 3.63) is 23.8 Å². The van der Waals surface area contributed by atoms with E-state index in [1.165, 1.54) is 0 Å². The molecule has 19 heavy (non-hydrogen) atoms. The van der Waals surface area contributed by atoms with Crippen molar-refractivity contribution in [3.63, 3.8) is 0 Å². The SMILES string of the molecule is OC(Cc1ccc2c(c1)OCO2)CN1CCNCC1. The lowest BCUT2D eigenvalue weighted by atomic mass is 10.1. The van der Waals surface area contributed by atoms with Crippen LogP contribution in [0.3, 0.4) is 0 Å². The van der Waals surface area contributed by atoms with E-state index in [1.54, 1.807) is 0 Å². The summed E-state index contributed by atoms with van der Waals surface area (Å²) in [6, 6.07) is 5.87. The van der Waals surface area contributed by atoms with E-state index in [2.05, 4.69) is 10.2 Å². The molecule has 1 unspecified atom stereocenters. The molecule has 0 amide bonds. The van der Waals surface area contributed by atoms with E-state index in [0.29, 0.717) is 13.2 Å². The Morgan fingerprint density at radius 1 is 1.21 bits per heavy atom. The fraction of sp³-hybridized carbons (Fsp3) is 0.571. The number of rotatable bonds is 4. The van der Waals surface area contributed by atoms with Crippen molar-refractivity contribution in [2.24, 2.45) is 0 Å². The molecular weight excluding hydrogens is 244 g/mol. The fourth-order valence-corrected chi connectivity index (χ4v) is 2.60. The van der Waals surface area contributed by atoms with Crippen molar-refractivity contribution in [1.82, 2.24) is 10.2 Å². The van der Waals surface area contributed by atoms with E-state index in [1.807, 2.05) is 18.2 Å². The summed E-state index contributed by atoms with van der Waals surface area (Å²) in [5.74, 6) is 1.58. The minimum absolute atomic E-state index is 0.294. The molecule has 0 radical (unpaired) electrons. The van der Waals surface area contributed by atoms with Crippen molar-refractivity contribution in [2.45, 2.75) is 12.5 Å². The molecule has 0 bridgehead atoms. The molecule has 0 saturated carbocycles. The summed E-state index contributed by atoms with van der Waals surface area (Å²) in [7, 11) is 0.